The van der Waals surface area contributed by atoms with Gasteiger partial charge in [-0.1, -0.05) is 0 Å². The minimum absolute atomic E-state index is 0.352. The van der Waals surface area contributed by atoms with Gasteiger partial charge >= 0.3 is 0 Å². The van der Waals surface area contributed by atoms with E-state index in [9.17, 15) is 0 Å². The smallest absolute Gasteiger partial charge is 0.158 e. The summed E-state index contributed by atoms with van der Waals surface area (Å²) in [6, 6.07) is 14.3. The minimum atomic E-state index is 0.352. The predicted octanol–water partition coefficient (Wildman–Crippen LogP) is 4.03. The van der Waals surface area contributed by atoms with Crippen LogP contribution >= 0.6 is 0 Å². The van der Waals surface area contributed by atoms with Crippen LogP contribution in [0, 0.1) is 6.92 Å². The SMILES string of the molecule is Cc1cc(Nc2ncnc3cc4c(cc23)N2CCN(C)C[C@H]2CO4)ccc1Oc1ccn2ncnc2c1. The number of hydrogen-bond acceptors (Lipinski definition) is 9. The molecule has 186 valence electrons. The second kappa shape index (κ2) is 8.59. The van der Waals surface area contributed by atoms with E-state index >= 15 is 0 Å². The number of rotatable bonds is 4. The van der Waals surface area contributed by atoms with E-state index in [4.69, 9.17) is 9.47 Å². The highest BCUT2D eigenvalue weighted by molar-refractivity contribution is 5.95. The van der Waals surface area contributed by atoms with Crippen molar-refractivity contribution in [1.82, 2.24) is 29.5 Å². The summed E-state index contributed by atoms with van der Waals surface area (Å²) in [6.07, 6.45) is 4.94. The molecule has 7 rings (SSSR count). The average molecular weight is 495 g/mol. The molecule has 0 amide bonds. The van der Waals surface area contributed by atoms with E-state index in [1.54, 1.807) is 10.8 Å². The van der Waals surface area contributed by atoms with E-state index in [1.807, 2.05) is 43.5 Å². The molecule has 2 aliphatic rings. The van der Waals surface area contributed by atoms with Crippen LogP contribution in [0.5, 0.6) is 17.2 Å². The van der Waals surface area contributed by atoms with E-state index in [0.717, 1.165) is 70.4 Å². The summed E-state index contributed by atoms with van der Waals surface area (Å²) in [6.45, 7) is 5.72. The van der Waals surface area contributed by atoms with Gasteiger partial charge in [0.2, 0.25) is 0 Å². The normalized spacial score (nSPS) is 17.4. The second-order valence-corrected chi connectivity index (χ2v) is 9.61. The Morgan fingerprint density at radius 1 is 1.03 bits per heavy atom. The first kappa shape index (κ1) is 21.8. The largest absolute Gasteiger partial charge is 0.489 e. The molecule has 0 aliphatic carbocycles. The van der Waals surface area contributed by atoms with Crippen molar-refractivity contribution < 1.29 is 9.47 Å². The molecule has 1 N–H and O–H groups in total. The van der Waals surface area contributed by atoms with Gasteiger partial charge in [-0.3, -0.25) is 0 Å². The van der Waals surface area contributed by atoms with Crippen molar-refractivity contribution in [2.24, 2.45) is 0 Å². The maximum atomic E-state index is 6.13. The topological polar surface area (TPSA) is 92.9 Å². The molecule has 1 fully saturated rings. The van der Waals surface area contributed by atoms with Gasteiger partial charge in [-0.25, -0.2) is 19.5 Å². The Labute approximate surface area is 213 Å². The van der Waals surface area contributed by atoms with Crippen molar-refractivity contribution in [3.05, 3.63) is 66.9 Å². The maximum Gasteiger partial charge on any atom is 0.158 e. The summed E-state index contributed by atoms with van der Waals surface area (Å²) >= 11 is 0. The number of anilines is 3. The lowest BCUT2D eigenvalue weighted by Crippen LogP contribution is -2.56. The van der Waals surface area contributed by atoms with Crippen LogP contribution in [-0.4, -0.2) is 68.8 Å². The lowest BCUT2D eigenvalue weighted by molar-refractivity contribution is 0.188. The predicted molar refractivity (Wildman–Crippen MR) is 141 cm³/mol. The molecule has 3 aromatic heterocycles. The number of nitrogens with zero attached hydrogens (tertiary/aromatic N) is 7. The summed E-state index contributed by atoms with van der Waals surface area (Å²) < 4.78 is 14.0. The Morgan fingerprint density at radius 3 is 2.89 bits per heavy atom. The van der Waals surface area contributed by atoms with E-state index in [-0.39, 0.29) is 0 Å². The fourth-order valence-corrected chi connectivity index (χ4v) is 5.13. The third kappa shape index (κ3) is 3.95. The molecule has 0 bridgehead atoms. The molecule has 10 heteroatoms. The first-order chi connectivity index (χ1) is 18.1. The molecule has 2 aromatic carbocycles. The second-order valence-electron chi connectivity index (χ2n) is 9.61. The highest BCUT2D eigenvalue weighted by Crippen LogP contribution is 2.40. The number of piperazine rings is 1. The van der Waals surface area contributed by atoms with Crippen LogP contribution in [0.3, 0.4) is 0 Å². The Bertz CT molecular complexity index is 1630. The van der Waals surface area contributed by atoms with Crippen LogP contribution in [0.4, 0.5) is 17.2 Å². The van der Waals surface area contributed by atoms with Gasteiger partial charge in [0.1, 0.15) is 42.3 Å². The first-order valence-corrected chi connectivity index (χ1v) is 12.3. The summed E-state index contributed by atoms with van der Waals surface area (Å²) in [5.74, 6) is 3.13. The Morgan fingerprint density at radius 2 is 1.97 bits per heavy atom. The Balaban J connectivity index is 1.17. The highest BCUT2D eigenvalue weighted by atomic mass is 16.5. The standard InChI is InChI=1S/C27H26N8O2/c1-17-9-18(3-4-24(17)37-20-5-6-35-26(10-20)29-16-31-35)32-27-21-11-23-25(12-22(21)28-15-30-27)36-14-19-13-33(2)7-8-34(19)23/h3-6,9-12,15-16,19H,7-8,13-14H2,1-2H3,(H,28,30,32)/t19-/m0/s1. The van der Waals surface area contributed by atoms with Gasteiger partial charge < -0.3 is 24.6 Å². The van der Waals surface area contributed by atoms with Crippen molar-refractivity contribution in [1.29, 1.82) is 0 Å². The Kier molecular flexibility index (Phi) is 5.07. The van der Waals surface area contributed by atoms with Crippen molar-refractivity contribution >= 4 is 33.7 Å². The van der Waals surface area contributed by atoms with Gasteiger partial charge in [0, 0.05) is 49.0 Å². The minimum Gasteiger partial charge on any atom is -0.489 e. The van der Waals surface area contributed by atoms with Gasteiger partial charge in [-0.05, 0) is 49.9 Å². The molecule has 0 unspecified atom stereocenters. The third-order valence-electron chi connectivity index (χ3n) is 7.06. The zero-order chi connectivity index (χ0) is 24.9. The average Bonchev–Trinajstić information content (AvgIpc) is 3.37. The molecule has 1 saturated heterocycles. The van der Waals surface area contributed by atoms with E-state index in [1.165, 1.54) is 6.33 Å². The number of nitrogens with one attached hydrogen (secondary N) is 1. The van der Waals surface area contributed by atoms with E-state index < -0.39 is 0 Å². The number of pyridine rings is 1. The maximum absolute atomic E-state index is 6.13. The molecule has 37 heavy (non-hydrogen) atoms. The van der Waals surface area contributed by atoms with Gasteiger partial charge in [-0.15, -0.1) is 0 Å². The van der Waals surface area contributed by atoms with Crippen LogP contribution in [0.25, 0.3) is 16.6 Å². The molecule has 1 atom stereocenters. The highest BCUT2D eigenvalue weighted by Gasteiger charge is 2.32. The molecule has 5 aromatic rings. The summed E-state index contributed by atoms with van der Waals surface area (Å²) in [7, 11) is 2.16. The lowest BCUT2D eigenvalue weighted by atomic mass is 10.1. The summed E-state index contributed by atoms with van der Waals surface area (Å²) in [5.41, 5.74) is 4.61. The number of ether oxygens (including phenoxy) is 2. The fourth-order valence-electron chi connectivity index (χ4n) is 5.13. The molecule has 0 saturated carbocycles. The number of fused-ring (bicyclic) bond motifs is 5. The summed E-state index contributed by atoms with van der Waals surface area (Å²) in [4.78, 5) is 18.1. The van der Waals surface area contributed by atoms with Crippen LogP contribution in [-0.2, 0) is 0 Å². The van der Waals surface area contributed by atoms with E-state index in [2.05, 4.69) is 54.3 Å². The summed E-state index contributed by atoms with van der Waals surface area (Å²) in [5, 5.41) is 8.58. The lowest BCUT2D eigenvalue weighted by Gasteiger charge is -2.44. The van der Waals surface area contributed by atoms with Crippen LogP contribution < -0.4 is 19.7 Å². The number of likely N-dealkylation sites (N-methyl/N-ethyl adjacent to an activating group) is 1. The van der Waals surface area contributed by atoms with Gasteiger partial charge in [0.25, 0.3) is 0 Å². The molecule has 5 heterocycles. The molecular formula is C27H26N8O2. The number of aryl methyl sites for hydroxylation is 1. The van der Waals surface area contributed by atoms with Gasteiger partial charge in [0.15, 0.2) is 5.65 Å². The number of hydrogen-bond donors (Lipinski definition) is 1. The third-order valence-corrected chi connectivity index (χ3v) is 7.06. The Hall–Kier alpha value is -4.44. The van der Waals surface area contributed by atoms with Gasteiger partial charge in [0.05, 0.1) is 17.2 Å². The van der Waals surface area contributed by atoms with Crippen LogP contribution in [0.1, 0.15) is 5.56 Å². The zero-order valence-electron chi connectivity index (χ0n) is 20.6. The van der Waals surface area contributed by atoms with Crippen molar-refractivity contribution in [2.75, 3.05) is 43.5 Å². The van der Waals surface area contributed by atoms with Crippen molar-refractivity contribution in [3.8, 4) is 17.2 Å². The molecule has 10 nitrogen and oxygen atoms in total. The molecule has 0 radical (unpaired) electrons. The van der Waals surface area contributed by atoms with Crippen molar-refractivity contribution in [2.45, 2.75) is 13.0 Å². The van der Waals surface area contributed by atoms with Crippen LogP contribution in [0.15, 0.2) is 61.3 Å². The number of aromatic nitrogens is 5. The first-order valence-electron chi connectivity index (χ1n) is 12.3. The van der Waals surface area contributed by atoms with Crippen LogP contribution in [0.2, 0.25) is 0 Å². The fraction of sp³-hybridized carbons (Fsp3) is 0.259. The monoisotopic (exact) mass is 494 g/mol. The quantitative estimate of drug-likeness (QED) is 0.397. The zero-order valence-corrected chi connectivity index (χ0v) is 20.6. The number of benzene rings is 2. The molecule has 2 aliphatic heterocycles. The molecular weight excluding hydrogens is 468 g/mol. The van der Waals surface area contributed by atoms with Gasteiger partial charge in [-0.2, -0.15) is 5.10 Å². The van der Waals surface area contributed by atoms with Crippen molar-refractivity contribution in [3.63, 3.8) is 0 Å². The van der Waals surface area contributed by atoms with E-state index in [0.29, 0.717) is 18.4 Å². The molecule has 0 spiro atoms.